The largest absolute Gasteiger partial charge is 0.493 e. The lowest BCUT2D eigenvalue weighted by molar-refractivity contribution is -0.131. The van der Waals surface area contributed by atoms with E-state index in [1.807, 2.05) is 18.2 Å². The summed E-state index contributed by atoms with van der Waals surface area (Å²) in [5.74, 6) is 0.529. The Balaban J connectivity index is 2.22. The zero-order chi connectivity index (χ0) is 25.6. The third kappa shape index (κ3) is 6.46. The second-order valence-electron chi connectivity index (χ2n) is 10.7. The second-order valence-corrected chi connectivity index (χ2v) is 10.7. The molecule has 0 fully saturated rings. The molecule has 0 bridgehead atoms. The van der Waals surface area contributed by atoms with E-state index in [0.29, 0.717) is 12.4 Å². The van der Waals surface area contributed by atoms with Crippen molar-refractivity contribution in [3.8, 4) is 22.6 Å². The summed E-state index contributed by atoms with van der Waals surface area (Å²) in [7, 11) is 1.59. The molecule has 0 aliphatic heterocycles. The van der Waals surface area contributed by atoms with Crippen molar-refractivity contribution in [1.29, 1.82) is 0 Å². The smallest absolute Gasteiger partial charge is 0.328 e. The van der Waals surface area contributed by atoms with E-state index in [4.69, 9.17) is 19.3 Å². The molecule has 0 spiro atoms. The molecule has 1 N–H and O–H groups in total. The average Bonchev–Trinajstić information content (AvgIpc) is 2.82. The normalized spacial score (nSPS) is 16.2. The van der Waals surface area contributed by atoms with Gasteiger partial charge in [0.15, 0.2) is 6.79 Å². The van der Waals surface area contributed by atoms with Crippen LogP contribution in [0.3, 0.4) is 0 Å². The van der Waals surface area contributed by atoms with Crippen LogP contribution in [0.25, 0.3) is 17.2 Å². The van der Waals surface area contributed by atoms with Gasteiger partial charge in [0.25, 0.3) is 0 Å². The number of unbranched alkanes of at least 4 members (excludes halogenated alkanes) is 2. The van der Waals surface area contributed by atoms with Crippen LogP contribution in [0, 0.1) is 0 Å². The standard InChI is InChI=1S/C30H40O5/c1-7-8-9-16-34-27-19-25-24(29(2,3)14-15-30(25,4)5)18-23(27)22-17-21(11-13-28(31)32)10-12-26(22)35-20-33-6/h10-13,17-19H,7-9,14-16,20H2,1-6H3,(H,31,32)/b13-11+. The Morgan fingerprint density at radius 2 is 1.60 bits per heavy atom. The predicted molar refractivity (Wildman–Crippen MR) is 141 cm³/mol. The fourth-order valence-corrected chi connectivity index (χ4v) is 4.74. The van der Waals surface area contributed by atoms with Gasteiger partial charge in [0, 0.05) is 24.3 Å². The number of fused-ring (bicyclic) bond motifs is 1. The summed E-state index contributed by atoms with van der Waals surface area (Å²) >= 11 is 0. The maximum absolute atomic E-state index is 11.1. The number of aliphatic carboxylic acids is 1. The molecule has 0 radical (unpaired) electrons. The number of hydrogen-bond acceptors (Lipinski definition) is 4. The van der Waals surface area contributed by atoms with Crippen LogP contribution in [0.2, 0.25) is 0 Å². The van der Waals surface area contributed by atoms with Crippen LogP contribution in [0.5, 0.6) is 11.5 Å². The summed E-state index contributed by atoms with van der Waals surface area (Å²) in [5.41, 5.74) is 5.37. The van der Waals surface area contributed by atoms with Gasteiger partial charge in [0.05, 0.1) is 6.61 Å². The summed E-state index contributed by atoms with van der Waals surface area (Å²) in [4.78, 5) is 11.1. The van der Waals surface area contributed by atoms with Crippen LogP contribution in [0.1, 0.15) is 83.4 Å². The van der Waals surface area contributed by atoms with Gasteiger partial charge < -0.3 is 19.3 Å². The van der Waals surface area contributed by atoms with E-state index >= 15 is 0 Å². The fraction of sp³-hybridized carbons (Fsp3) is 0.500. The number of carboxylic acid groups (broad SMARTS) is 1. The van der Waals surface area contributed by atoms with Crippen LogP contribution in [0.4, 0.5) is 0 Å². The highest BCUT2D eigenvalue weighted by Crippen LogP contribution is 2.50. The van der Waals surface area contributed by atoms with Crippen LogP contribution in [-0.4, -0.2) is 31.6 Å². The van der Waals surface area contributed by atoms with E-state index in [-0.39, 0.29) is 17.6 Å². The average molecular weight is 481 g/mol. The van der Waals surface area contributed by atoms with E-state index in [2.05, 4.69) is 46.8 Å². The lowest BCUT2D eigenvalue weighted by atomic mass is 9.62. The van der Waals surface area contributed by atoms with Gasteiger partial charge in [-0.15, -0.1) is 0 Å². The molecule has 5 heteroatoms. The quantitative estimate of drug-likeness (QED) is 0.207. The highest BCUT2D eigenvalue weighted by atomic mass is 16.7. The van der Waals surface area contributed by atoms with Crippen molar-refractivity contribution in [3.63, 3.8) is 0 Å². The minimum Gasteiger partial charge on any atom is -0.493 e. The van der Waals surface area contributed by atoms with Crippen LogP contribution < -0.4 is 9.47 Å². The molecule has 190 valence electrons. The summed E-state index contributed by atoms with van der Waals surface area (Å²) < 4.78 is 17.5. The van der Waals surface area contributed by atoms with Gasteiger partial charge in [-0.1, -0.05) is 53.5 Å². The summed E-state index contributed by atoms with van der Waals surface area (Å²) in [6.45, 7) is 12.2. The minimum absolute atomic E-state index is 0.0364. The molecule has 1 aliphatic carbocycles. The van der Waals surface area contributed by atoms with E-state index in [0.717, 1.165) is 60.6 Å². The Morgan fingerprint density at radius 3 is 2.23 bits per heavy atom. The van der Waals surface area contributed by atoms with E-state index in [1.165, 1.54) is 11.1 Å². The van der Waals surface area contributed by atoms with E-state index < -0.39 is 5.97 Å². The van der Waals surface area contributed by atoms with Crippen molar-refractivity contribution in [3.05, 3.63) is 53.1 Å². The maximum Gasteiger partial charge on any atom is 0.328 e. The molecule has 0 saturated carbocycles. The van der Waals surface area contributed by atoms with Crippen LogP contribution in [0.15, 0.2) is 36.4 Å². The minimum atomic E-state index is -0.982. The predicted octanol–water partition coefficient (Wildman–Crippen LogP) is 7.35. The van der Waals surface area contributed by atoms with Gasteiger partial charge in [0.2, 0.25) is 0 Å². The summed E-state index contributed by atoms with van der Waals surface area (Å²) in [6, 6.07) is 10.2. The number of carboxylic acids is 1. The van der Waals surface area contributed by atoms with Crippen molar-refractivity contribution in [1.82, 2.24) is 0 Å². The monoisotopic (exact) mass is 480 g/mol. The maximum atomic E-state index is 11.1. The molecule has 2 aromatic rings. The second kappa shape index (κ2) is 11.3. The SMILES string of the molecule is CCCCCOc1cc2c(cc1-c1cc(/C=C/C(=O)O)ccc1OCOC)C(C)(C)CCC2(C)C. The third-order valence-electron chi connectivity index (χ3n) is 7.00. The first-order chi connectivity index (χ1) is 16.6. The molecule has 35 heavy (non-hydrogen) atoms. The Labute approximate surface area is 210 Å². The number of benzene rings is 2. The summed E-state index contributed by atoms with van der Waals surface area (Å²) in [6.07, 6.45) is 8.23. The Kier molecular flexibility index (Phi) is 8.65. The van der Waals surface area contributed by atoms with Crippen molar-refractivity contribution in [2.45, 2.75) is 77.6 Å². The molecule has 1 aliphatic rings. The molecule has 2 aromatic carbocycles. The molecule has 0 saturated heterocycles. The van der Waals surface area contributed by atoms with Crippen molar-refractivity contribution in [2.75, 3.05) is 20.5 Å². The van der Waals surface area contributed by atoms with Crippen molar-refractivity contribution in [2.24, 2.45) is 0 Å². The van der Waals surface area contributed by atoms with E-state index in [9.17, 15) is 4.79 Å². The number of ether oxygens (including phenoxy) is 3. The molecule has 5 nitrogen and oxygen atoms in total. The number of hydrogen-bond donors (Lipinski definition) is 1. The molecule has 0 atom stereocenters. The van der Waals surface area contributed by atoms with E-state index in [1.54, 1.807) is 13.2 Å². The first kappa shape index (κ1) is 26.8. The molecule has 3 rings (SSSR count). The van der Waals surface area contributed by atoms with Gasteiger partial charge in [-0.3, -0.25) is 0 Å². The van der Waals surface area contributed by atoms with Crippen molar-refractivity contribution >= 4 is 12.0 Å². The lowest BCUT2D eigenvalue weighted by Crippen LogP contribution is -2.34. The van der Waals surface area contributed by atoms with Crippen LogP contribution in [-0.2, 0) is 20.4 Å². The summed E-state index contributed by atoms with van der Waals surface area (Å²) in [5, 5.41) is 9.11. The number of rotatable bonds is 11. The first-order valence-electron chi connectivity index (χ1n) is 12.6. The number of methoxy groups -OCH3 is 1. The Bertz CT molecular complexity index is 1060. The highest BCUT2D eigenvalue weighted by molar-refractivity contribution is 5.86. The molecule has 0 heterocycles. The molecule has 0 unspecified atom stereocenters. The van der Waals surface area contributed by atoms with Gasteiger partial charge in [-0.2, -0.15) is 0 Å². The van der Waals surface area contributed by atoms with Crippen molar-refractivity contribution < 1.29 is 24.1 Å². The molecule has 0 aromatic heterocycles. The van der Waals surface area contributed by atoms with Gasteiger partial charge in [-0.25, -0.2) is 4.79 Å². The van der Waals surface area contributed by atoms with Gasteiger partial charge in [0.1, 0.15) is 11.5 Å². The van der Waals surface area contributed by atoms with Gasteiger partial charge in [-0.05, 0) is 77.1 Å². The third-order valence-corrected chi connectivity index (χ3v) is 7.00. The highest BCUT2D eigenvalue weighted by Gasteiger charge is 2.38. The first-order valence-corrected chi connectivity index (χ1v) is 12.6. The van der Waals surface area contributed by atoms with Crippen LogP contribution >= 0.6 is 0 Å². The zero-order valence-electron chi connectivity index (χ0n) is 22.1. The fourth-order valence-electron chi connectivity index (χ4n) is 4.74. The van der Waals surface area contributed by atoms with Gasteiger partial charge >= 0.3 is 5.97 Å². The molecular formula is C30H40O5. The molecular weight excluding hydrogens is 440 g/mol. The molecule has 0 amide bonds. The lowest BCUT2D eigenvalue weighted by Gasteiger charge is -2.42. The Morgan fingerprint density at radius 1 is 0.943 bits per heavy atom. The number of carbonyl (C=O) groups is 1. The zero-order valence-corrected chi connectivity index (χ0v) is 22.1. The Hall–Kier alpha value is -2.79. The topological polar surface area (TPSA) is 65.0 Å².